The van der Waals surface area contributed by atoms with Crippen LogP contribution in [0.25, 0.3) is 5.57 Å². The van der Waals surface area contributed by atoms with E-state index in [1.165, 1.54) is 0 Å². The molecule has 1 heterocycles. The van der Waals surface area contributed by atoms with Crippen LogP contribution in [-0.2, 0) is 9.53 Å². The molecule has 0 bridgehead atoms. The van der Waals surface area contributed by atoms with E-state index in [4.69, 9.17) is 14.6 Å². The molecule has 4 nitrogen and oxygen atoms in total. The van der Waals surface area contributed by atoms with Crippen molar-refractivity contribution in [3.8, 4) is 5.75 Å². The van der Waals surface area contributed by atoms with Crippen LogP contribution < -0.4 is 4.74 Å². The Kier molecular flexibility index (Phi) is 5.63. The molecule has 6 heteroatoms. The molecule has 136 valence electrons. The first-order chi connectivity index (χ1) is 12.5. The Morgan fingerprint density at radius 1 is 1.08 bits per heavy atom. The number of aliphatic carboxylic acids is 1. The lowest BCUT2D eigenvalue weighted by Gasteiger charge is -2.23. The molecule has 2 aromatic carbocycles. The van der Waals surface area contributed by atoms with Gasteiger partial charge in [-0.1, -0.05) is 12.1 Å². The van der Waals surface area contributed by atoms with E-state index < -0.39 is 17.6 Å². The fourth-order valence-corrected chi connectivity index (χ4v) is 2.84. The normalized spacial score (nSPS) is 17.8. The fourth-order valence-electron chi connectivity index (χ4n) is 2.84. The lowest BCUT2D eigenvalue weighted by molar-refractivity contribution is -0.131. The molecule has 1 N–H and O–H groups in total. The second kappa shape index (κ2) is 8.10. The molecular weight excluding hydrogens is 342 g/mol. The van der Waals surface area contributed by atoms with Crippen molar-refractivity contribution in [1.82, 2.24) is 0 Å². The van der Waals surface area contributed by atoms with Gasteiger partial charge in [0.25, 0.3) is 0 Å². The average Bonchev–Trinajstić information content (AvgIpc) is 2.60. The number of hydrogen-bond donors (Lipinski definition) is 1. The molecule has 1 fully saturated rings. The topological polar surface area (TPSA) is 55.8 Å². The third-order valence-electron chi connectivity index (χ3n) is 4.01. The van der Waals surface area contributed by atoms with E-state index in [-0.39, 0.29) is 17.4 Å². The van der Waals surface area contributed by atoms with Gasteiger partial charge in [0, 0.05) is 18.6 Å². The van der Waals surface area contributed by atoms with E-state index in [0.717, 1.165) is 43.5 Å². The van der Waals surface area contributed by atoms with Gasteiger partial charge in [0.1, 0.15) is 17.4 Å². The van der Waals surface area contributed by atoms with Crippen LogP contribution in [0.15, 0.2) is 48.5 Å². The minimum Gasteiger partial charge on any atom is -0.478 e. The van der Waals surface area contributed by atoms with E-state index in [2.05, 4.69) is 0 Å². The number of ether oxygens (including phenoxy) is 2. The Bertz CT molecular complexity index is 789. The van der Waals surface area contributed by atoms with Crippen LogP contribution in [-0.4, -0.2) is 24.0 Å². The van der Waals surface area contributed by atoms with Crippen molar-refractivity contribution in [2.45, 2.75) is 25.6 Å². The molecule has 0 amide bonds. The lowest BCUT2D eigenvalue weighted by Crippen LogP contribution is -2.24. The predicted octanol–water partition coefficient (Wildman–Crippen LogP) is 4.39. The van der Waals surface area contributed by atoms with Gasteiger partial charge < -0.3 is 14.6 Å². The molecule has 1 aliphatic rings. The quantitative estimate of drug-likeness (QED) is 0.804. The molecule has 3 rings (SSSR count). The molecular formula is C20H18F2O4. The predicted molar refractivity (Wildman–Crippen MR) is 91.7 cm³/mol. The van der Waals surface area contributed by atoms with E-state index >= 15 is 0 Å². The molecule has 1 aliphatic heterocycles. The summed E-state index contributed by atoms with van der Waals surface area (Å²) in [6.07, 6.45) is 3.51. The maximum atomic E-state index is 13.5. The van der Waals surface area contributed by atoms with Crippen LogP contribution in [0.5, 0.6) is 5.75 Å². The Labute approximate surface area is 149 Å². The van der Waals surface area contributed by atoms with Crippen molar-refractivity contribution in [2.75, 3.05) is 6.61 Å². The number of halogens is 2. The Morgan fingerprint density at radius 2 is 1.77 bits per heavy atom. The van der Waals surface area contributed by atoms with Crippen LogP contribution in [0.4, 0.5) is 8.78 Å². The van der Waals surface area contributed by atoms with Gasteiger partial charge in [0.2, 0.25) is 0 Å². The van der Waals surface area contributed by atoms with Crippen molar-refractivity contribution in [3.05, 3.63) is 71.3 Å². The maximum absolute atomic E-state index is 13.5. The first-order valence-corrected chi connectivity index (χ1v) is 8.31. The number of carbonyl (C=O) groups is 1. The summed E-state index contributed by atoms with van der Waals surface area (Å²) in [5, 5.41) is 9.11. The van der Waals surface area contributed by atoms with Gasteiger partial charge in [-0.15, -0.1) is 0 Å². The zero-order valence-corrected chi connectivity index (χ0v) is 14.0. The van der Waals surface area contributed by atoms with Gasteiger partial charge >= 0.3 is 5.97 Å². The summed E-state index contributed by atoms with van der Waals surface area (Å²) in [5.41, 5.74) is 0.861. The highest BCUT2D eigenvalue weighted by Crippen LogP contribution is 2.27. The van der Waals surface area contributed by atoms with Crippen LogP contribution in [0, 0.1) is 11.6 Å². The minimum absolute atomic E-state index is 0.147. The zero-order chi connectivity index (χ0) is 18.5. The third kappa shape index (κ3) is 4.67. The Morgan fingerprint density at radius 3 is 2.35 bits per heavy atom. The maximum Gasteiger partial charge on any atom is 0.328 e. The summed E-state index contributed by atoms with van der Waals surface area (Å²) >= 11 is 0. The molecule has 0 aliphatic carbocycles. The highest BCUT2D eigenvalue weighted by molar-refractivity contribution is 5.95. The molecule has 2 aromatic rings. The first kappa shape index (κ1) is 18.1. The van der Waals surface area contributed by atoms with E-state index in [0.29, 0.717) is 17.9 Å². The molecule has 0 spiro atoms. The monoisotopic (exact) mass is 360 g/mol. The minimum atomic E-state index is -1.21. The van der Waals surface area contributed by atoms with Crippen LogP contribution in [0.2, 0.25) is 0 Å². The van der Waals surface area contributed by atoms with Crippen molar-refractivity contribution >= 4 is 11.5 Å². The van der Waals surface area contributed by atoms with Crippen LogP contribution in [0.3, 0.4) is 0 Å². The second-order valence-electron chi connectivity index (χ2n) is 5.99. The molecule has 1 saturated heterocycles. The Balaban J connectivity index is 1.86. The third-order valence-corrected chi connectivity index (χ3v) is 4.01. The van der Waals surface area contributed by atoms with Gasteiger partial charge in [-0.3, -0.25) is 0 Å². The SMILES string of the molecule is O=C(O)C=C(c1ccc(OC2CCCCO2)cc1)c1cc(F)cc(F)c1. The fraction of sp³-hybridized carbons (Fsp3) is 0.250. The first-order valence-electron chi connectivity index (χ1n) is 8.31. The number of benzene rings is 2. The van der Waals surface area contributed by atoms with E-state index in [1.54, 1.807) is 24.3 Å². The molecule has 26 heavy (non-hydrogen) atoms. The Hall–Kier alpha value is -2.73. The average molecular weight is 360 g/mol. The van der Waals surface area contributed by atoms with Gasteiger partial charge in [0.15, 0.2) is 6.29 Å². The number of hydrogen-bond acceptors (Lipinski definition) is 3. The van der Waals surface area contributed by atoms with Crippen molar-refractivity contribution in [2.24, 2.45) is 0 Å². The molecule has 1 unspecified atom stereocenters. The summed E-state index contributed by atoms with van der Waals surface area (Å²) < 4.78 is 38.3. The van der Waals surface area contributed by atoms with Crippen molar-refractivity contribution in [3.63, 3.8) is 0 Å². The van der Waals surface area contributed by atoms with Gasteiger partial charge in [0.05, 0.1) is 6.61 Å². The van der Waals surface area contributed by atoms with Crippen LogP contribution in [0.1, 0.15) is 30.4 Å². The number of carboxylic acid groups (broad SMARTS) is 1. The van der Waals surface area contributed by atoms with Crippen molar-refractivity contribution in [1.29, 1.82) is 0 Å². The summed E-state index contributed by atoms with van der Waals surface area (Å²) in [5.74, 6) is -2.17. The van der Waals surface area contributed by atoms with E-state index in [1.807, 2.05) is 0 Å². The number of rotatable bonds is 5. The van der Waals surface area contributed by atoms with Gasteiger partial charge in [-0.05, 0) is 53.8 Å². The number of carboxylic acids is 1. The van der Waals surface area contributed by atoms with Gasteiger partial charge in [-0.2, -0.15) is 0 Å². The summed E-state index contributed by atoms with van der Waals surface area (Å²) in [4.78, 5) is 11.2. The second-order valence-corrected chi connectivity index (χ2v) is 5.99. The smallest absolute Gasteiger partial charge is 0.328 e. The van der Waals surface area contributed by atoms with Crippen molar-refractivity contribution < 1.29 is 28.2 Å². The zero-order valence-electron chi connectivity index (χ0n) is 14.0. The standard InChI is InChI=1S/C20H18F2O4/c21-15-9-14(10-16(22)11-15)18(12-19(23)24)13-4-6-17(7-5-13)26-20-3-1-2-8-25-20/h4-7,9-12,20H,1-3,8H2,(H,23,24). The van der Waals surface area contributed by atoms with Gasteiger partial charge in [-0.25, -0.2) is 13.6 Å². The summed E-state index contributed by atoms with van der Waals surface area (Å²) in [7, 11) is 0. The summed E-state index contributed by atoms with van der Waals surface area (Å²) in [6, 6.07) is 9.59. The molecule has 1 atom stereocenters. The molecule has 0 aromatic heterocycles. The molecule has 0 radical (unpaired) electrons. The van der Waals surface area contributed by atoms with Crippen LogP contribution >= 0.6 is 0 Å². The lowest BCUT2D eigenvalue weighted by atomic mass is 9.97. The van der Waals surface area contributed by atoms with E-state index in [9.17, 15) is 13.6 Å². The largest absolute Gasteiger partial charge is 0.478 e. The highest BCUT2D eigenvalue weighted by Gasteiger charge is 2.16. The highest BCUT2D eigenvalue weighted by atomic mass is 19.1. The molecule has 0 saturated carbocycles. The summed E-state index contributed by atoms with van der Waals surface area (Å²) in [6.45, 7) is 0.666.